The zero-order valence-corrected chi connectivity index (χ0v) is 10.7. The molecule has 0 unspecified atom stereocenters. The molecule has 0 bridgehead atoms. The zero-order chi connectivity index (χ0) is 14.5. The van der Waals surface area contributed by atoms with Crippen molar-refractivity contribution in [2.75, 3.05) is 0 Å². The van der Waals surface area contributed by atoms with Crippen molar-refractivity contribution in [2.24, 2.45) is 0 Å². The van der Waals surface area contributed by atoms with Gasteiger partial charge >= 0.3 is 5.69 Å². The molecule has 0 saturated carbocycles. The molecule has 0 aliphatic rings. The first-order valence-electron chi connectivity index (χ1n) is 5.83. The largest absolute Gasteiger partial charge is 0.482 e. The Kier molecular flexibility index (Phi) is 3.91. The highest BCUT2D eigenvalue weighted by Gasteiger charge is 2.15. The van der Waals surface area contributed by atoms with Gasteiger partial charge in [0, 0.05) is 17.8 Å². The molecule has 100 valence electrons. The van der Waals surface area contributed by atoms with Crippen molar-refractivity contribution >= 4 is 5.69 Å². The van der Waals surface area contributed by atoms with Crippen molar-refractivity contribution in [3.05, 3.63) is 63.5 Å². The molecule has 2 aromatic rings. The van der Waals surface area contributed by atoms with Gasteiger partial charge in [-0.25, -0.2) is 4.98 Å². The first-order chi connectivity index (χ1) is 9.61. The first-order valence-corrected chi connectivity index (χ1v) is 5.83. The Morgan fingerprint density at radius 1 is 1.45 bits per heavy atom. The third-order valence-electron chi connectivity index (χ3n) is 2.69. The monoisotopic (exact) mass is 269 g/mol. The van der Waals surface area contributed by atoms with Crippen molar-refractivity contribution in [3.8, 4) is 11.8 Å². The van der Waals surface area contributed by atoms with Gasteiger partial charge in [0.2, 0.25) is 0 Å². The molecule has 0 atom stereocenters. The molecular formula is C14H11N3O3. The Hall–Kier alpha value is -2.94. The molecule has 2 rings (SSSR count). The summed E-state index contributed by atoms with van der Waals surface area (Å²) in [6.45, 7) is 1.83. The number of aromatic nitrogens is 1. The predicted molar refractivity (Wildman–Crippen MR) is 71.1 cm³/mol. The Morgan fingerprint density at radius 2 is 2.25 bits per heavy atom. The minimum atomic E-state index is -0.489. The van der Waals surface area contributed by atoms with Gasteiger partial charge in [0.1, 0.15) is 18.4 Å². The van der Waals surface area contributed by atoms with Crippen LogP contribution in [0.2, 0.25) is 0 Å². The molecule has 0 aliphatic carbocycles. The predicted octanol–water partition coefficient (Wildman–Crippen LogP) is 2.75. The number of pyridine rings is 1. The van der Waals surface area contributed by atoms with Crippen molar-refractivity contribution in [2.45, 2.75) is 13.5 Å². The van der Waals surface area contributed by atoms with Crippen molar-refractivity contribution in [1.29, 1.82) is 5.26 Å². The summed E-state index contributed by atoms with van der Waals surface area (Å²) in [4.78, 5) is 14.4. The van der Waals surface area contributed by atoms with Gasteiger partial charge in [-0.15, -0.1) is 0 Å². The maximum Gasteiger partial charge on any atom is 0.311 e. The van der Waals surface area contributed by atoms with E-state index in [1.54, 1.807) is 31.2 Å². The van der Waals surface area contributed by atoms with E-state index in [1.807, 2.05) is 6.07 Å². The van der Waals surface area contributed by atoms with E-state index >= 15 is 0 Å². The lowest BCUT2D eigenvalue weighted by Crippen LogP contribution is -2.02. The molecule has 6 nitrogen and oxygen atoms in total. The Balaban J connectivity index is 2.24. The van der Waals surface area contributed by atoms with E-state index < -0.39 is 4.92 Å². The standard InChI is InChI=1S/C14H11N3O3/c1-10-4-5-14(13(7-10)17(18)19)20-9-11-3-2-6-16-12(11)8-15/h2-7H,9H2,1H3. The van der Waals surface area contributed by atoms with Crippen LogP contribution in [0, 0.1) is 28.4 Å². The zero-order valence-electron chi connectivity index (χ0n) is 10.7. The molecule has 1 aromatic heterocycles. The van der Waals surface area contributed by atoms with E-state index in [0.717, 1.165) is 5.56 Å². The summed E-state index contributed by atoms with van der Waals surface area (Å²) in [6, 6.07) is 10.1. The highest BCUT2D eigenvalue weighted by molar-refractivity contribution is 5.48. The number of nitro groups is 1. The lowest BCUT2D eigenvalue weighted by Gasteiger charge is -2.08. The normalized spacial score (nSPS) is 9.80. The van der Waals surface area contributed by atoms with E-state index in [1.165, 1.54) is 12.3 Å². The van der Waals surface area contributed by atoms with Crippen LogP contribution >= 0.6 is 0 Å². The van der Waals surface area contributed by atoms with Crippen LogP contribution in [0.3, 0.4) is 0 Å². The summed E-state index contributed by atoms with van der Waals surface area (Å²) in [5.74, 6) is 0.174. The third-order valence-corrected chi connectivity index (χ3v) is 2.69. The topological polar surface area (TPSA) is 89.0 Å². The summed E-state index contributed by atoms with van der Waals surface area (Å²) >= 11 is 0. The Labute approximate surface area is 115 Å². The van der Waals surface area contributed by atoms with Gasteiger partial charge in [-0.05, 0) is 24.6 Å². The molecule has 0 amide bonds. The van der Waals surface area contributed by atoms with Gasteiger partial charge in [-0.2, -0.15) is 5.26 Å². The lowest BCUT2D eigenvalue weighted by molar-refractivity contribution is -0.386. The minimum Gasteiger partial charge on any atom is -0.482 e. The summed E-state index contributed by atoms with van der Waals surface area (Å²) in [5, 5.41) is 19.9. The van der Waals surface area contributed by atoms with Gasteiger partial charge in [0.25, 0.3) is 0 Å². The number of rotatable bonds is 4. The number of ether oxygens (including phenoxy) is 1. The molecule has 20 heavy (non-hydrogen) atoms. The van der Waals surface area contributed by atoms with Gasteiger partial charge in [0.15, 0.2) is 5.75 Å². The summed E-state index contributed by atoms with van der Waals surface area (Å²) < 4.78 is 5.45. The maximum absolute atomic E-state index is 11.0. The Bertz CT molecular complexity index is 692. The minimum absolute atomic E-state index is 0.0562. The van der Waals surface area contributed by atoms with Crippen LogP contribution in [0.4, 0.5) is 5.69 Å². The second kappa shape index (κ2) is 5.80. The van der Waals surface area contributed by atoms with Gasteiger partial charge in [0.05, 0.1) is 4.92 Å². The lowest BCUT2D eigenvalue weighted by atomic mass is 10.2. The molecule has 0 radical (unpaired) electrons. The van der Waals surface area contributed by atoms with Crippen LogP contribution in [-0.2, 0) is 6.61 Å². The van der Waals surface area contributed by atoms with Crippen LogP contribution in [0.1, 0.15) is 16.8 Å². The average Bonchev–Trinajstić information content (AvgIpc) is 2.46. The fourth-order valence-electron chi connectivity index (χ4n) is 1.70. The van der Waals surface area contributed by atoms with Crippen LogP contribution in [0.25, 0.3) is 0 Å². The third kappa shape index (κ3) is 2.90. The summed E-state index contributed by atoms with van der Waals surface area (Å²) in [6.07, 6.45) is 1.51. The van der Waals surface area contributed by atoms with E-state index in [4.69, 9.17) is 10.00 Å². The van der Waals surface area contributed by atoms with Gasteiger partial charge in [-0.1, -0.05) is 12.1 Å². The van der Waals surface area contributed by atoms with E-state index in [0.29, 0.717) is 5.56 Å². The number of nitro benzene ring substituents is 1. The molecule has 6 heteroatoms. The van der Waals surface area contributed by atoms with Crippen molar-refractivity contribution in [1.82, 2.24) is 4.98 Å². The number of benzene rings is 1. The highest BCUT2D eigenvalue weighted by Crippen LogP contribution is 2.28. The van der Waals surface area contributed by atoms with Crippen LogP contribution < -0.4 is 4.74 Å². The number of nitriles is 1. The van der Waals surface area contributed by atoms with Gasteiger partial charge < -0.3 is 4.74 Å². The molecular weight excluding hydrogens is 258 g/mol. The average molecular weight is 269 g/mol. The first kappa shape index (κ1) is 13.5. The second-order valence-corrected chi connectivity index (χ2v) is 4.14. The number of hydrogen-bond donors (Lipinski definition) is 0. The van der Waals surface area contributed by atoms with Crippen LogP contribution in [0.15, 0.2) is 36.5 Å². The molecule has 1 aromatic carbocycles. The summed E-state index contributed by atoms with van der Waals surface area (Å²) in [7, 11) is 0. The van der Waals surface area contributed by atoms with Crippen molar-refractivity contribution < 1.29 is 9.66 Å². The van der Waals surface area contributed by atoms with Gasteiger partial charge in [-0.3, -0.25) is 10.1 Å². The molecule has 0 saturated heterocycles. The van der Waals surface area contributed by atoms with Crippen LogP contribution in [-0.4, -0.2) is 9.91 Å². The highest BCUT2D eigenvalue weighted by atomic mass is 16.6. The second-order valence-electron chi connectivity index (χ2n) is 4.14. The van der Waals surface area contributed by atoms with Crippen LogP contribution in [0.5, 0.6) is 5.75 Å². The van der Waals surface area contributed by atoms with E-state index in [2.05, 4.69) is 4.98 Å². The Morgan fingerprint density at radius 3 is 2.95 bits per heavy atom. The number of nitrogens with zero attached hydrogens (tertiary/aromatic N) is 3. The molecule has 0 spiro atoms. The fraction of sp³-hybridized carbons (Fsp3) is 0.143. The maximum atomic E-state index is 11.0. The molecule has 1 heterocycles. The SMILES string of the molecule is Cc1ccc(OCc2cccnc2C#N)c([N+](=O)[O-])c1. The number of hydrogen-bond acceptors (Lipinski definition) is 5. The summed E-state index contributed by atoms with van der Waals surface area (Å²) in [5.41, 5.74) is 1.53. The van der Waals surface area contributed by atoms with E-state index in [-0.39, 0.29) is 23.7 Å². The smallest absolute Gasteiger partial charge is 0.311 e. The molecule has 0 aliphatic heterocycles. The van der Waals surface area contributed by atoms with Crippen molar-refractivity contribution in [3.63, 3.8) is 0 Å². The molecule has 0 fully saturated rings. The van der Waals surface area contributed by atoms with E-state index in [9.17, 15) is 10.1 Å². The quantitative estimate of drug-likeness (QED) is 0.628. The fourth-order valence-corrected chi connectivity index (χ4v) is 1.70. The number of aryl methyl sites for hydroxylation is 1. The molecule has 0 N–H and O–H groups in total.